The van der Waals surface area contributed by atoms with E-state index in [9.17, 15) is 14.0 Å². The molecule has 0 bridgehead atoms. The molecule has 3 aromatic rings. The summed E-state index contributed by atoms with van der Waals surface area (Å²) in [5, 5.41) is 0. The van der Waals surface area contributed by atoms with Crippen molar-refractivity contribution >= 4 is 5.78 Å². The fraction of sp³-hybridized carbons (Fsp3) is 0.217. The smallest absolute Gasteiger partial charge is 0.250 e. The lowest BCUT2D eigenvalue weighted by atomic mass is 9.83. The highest BCUT2D eigenvalue weighted by molar-refractivity contribution is 5.96. The minimum Gasteiger partial charge on any atom is -0.497 e. The Morgan fingerprint density at radius 2 is 1.86 bits per heavy atom. The lowest BCUT2D eigenvalue weighted by molar-refractivity contribution is 0.0976. The molecule has 1 atom stereocenters. The number of methoxy groups -OCH3 is 1. The minimum absolute atomic E-state index is 0.0896. The Morgan fingerprint density at radius 3 is 2.50 bits per heavy atom. The second kappa shape index (κ2) is 8.21. The van der Waals surface area contributed by atoms with Gasteiger partial charge < -0.3 is 9.30 Å². The third kappa shape index (κ3) is 4.03. The number of halogens is 1. The van der Waals surface area contributed by atoms with Crippen LogP contribution in [0.15, 0.2) is 65.6 Å². The molecule has 1 heterocycles. The van der Waals surface area contributed by atoms with E-state index in [2.05, 4.69) is 0 Å². The van der Waals surface area contributed by atoms with Gasteiger partial charge in [-0.25, -0.2) is 4.39 Å². The number of carbonyl (C=O) groups is 1. The largest absolute Gasteiger partial charge is 0.497 e. The van der Waals surface area contributed by atoms with E-state index in [4.69, 9.17) is 4.74 Å². The number of rotatable bonds is 6. The summed E-state index contributed by atoms with van der Waals surface area (Å²) in [5.74, 6) is -0.592. The monoisotopic (exact) mass is 379 g/mol. The first kappa shape index (κ1) is 19.5. The van der Waals surface area contributed by atoms with Gasteiger partial charge >= 0.3 is 0 Å². The Morgan fingerprint density at radius 1 is 1.11 bits per heavy atom. The number of hydrogen-bond donors (Lipinski definition) is 0. The molecule has 0 fully saturated rings. The zero-order chi connectivity index (χ0) is 20.3. The number of aromatic nitrogens is 1. The maximum absolute atomic E-state index is 14.8. The standard InChI is InChI=1S/C23H22FNO3/c1-15-6-4-5-7-18(15)20(19-10-9-17(28-3)12-21(19)24)13-22(26)16-8-11-23(27)25(2)14-16/h4-12,14,20H,13H2,1-3H3. The van der Waals surface area contributed by atoms with Crippen LogP contribution < -0.4 is 10.3 Å². The van der Waals surface area contributed by atoms with Gasteiger partial charge in [0.05, 0.1) is 7.11 Å². The van der Waals surface area contributed by atoms with Gasteiger partial charge in [-0.3, -0.25) is 9.59 Å². The number of ketones is 1. The number of Topliss-reactive ketones (excluding diaryl/α,β-unsaturated/α-hetero) is 1. The fourth-order valence-electron chi connectivity index (χ4n) is 3.34. The van der Waals surface area contributed by atoms with Crippen LogP contribution in [0.25, 0.3) is 0 Å². The van der Waals surface area contributed by atoms with Gasteiger partial charge in [0.1, 0.15) is 11.6 Å². The first-order valence-corrected chi connectivity index (χ1v) is 8.99. The molecule has 1 unspecified atom stereocenters. The van der Waals surface area contributed by atoms with Gasteiger partial charge in [0, 0.05) is 43.3 Å². The highest BCUT2D eigenvalue weighted by Crippen LogP contribution is 2.34. The average Bonchev–Trinajstić information content (AvgIpc) is 2.69. The molecule has 5 heteroatoms. The van der Waals surface area contributed by atoms with Gasteiger partial charge in [0.25, 0.3) is 0 Å². The van der Waals surface area contributed by atoms with Gasteiger partial charge in [-0.05, 0) is 35.7 Å². The van der Waals surface area contributed by atoms with Crippen molar-refractivity contribution in [3.05, 3.63) is 99.2 Å². The lowest BCUT2D eigenvalue weighted by Gasteiger charge is -2.21. The molecule has 1 aromatic heterocycles. The molecule has 0 radical (unpaired) electrons. The van der Waals surface area contributed by atoms with Crippen LogP contribution >= 0.6 is 0 Å². The van der Waals surface area contributed by atoms with Gasteiger partial charge in [-0.2, -0.15) is 0 Å². The maximum atomic E-state index is 14.8. The number of hydrogen-bond acceptors (Lipinski definition) is 3. The van der Waals surface area contributed by atoms with Crippen molar-refractivity contribution in [3.63, 3.8) is 0 Å². The minimum atomic E-state index is -0.447. The summed E-state index contributed by atoms with van der Waals surface area (Å²) in [4.78, 5) is 24.5. The molecule has 0 aliphatic rings. The van der Waals surface area contributed by atoms with Gasteiger partial charge in [0.15, 0.2) is 5.78 Å². The van der Waals surface area contributed by atoms with Crippen molar-refractivity contribution in [2.24, 2.45) is 7.05 Å². The number of benzene rings is 2. The Bertz CT molecular complexity index is 1070. The van der Waals surface area contributed by atoms with Crippen LogP contribution in [0, 0.1) is 12.7 Å². The van der Waals surface area contributed by atoms with Crippen LogP contribution in [-0.2, 0) is 7.05 Å². The van der Waals surface area contributed by atoms with Crippen molar-refractivity contribution in [1.82, 2.24) is 4.57 Å². The molecule has 2 aromatic carbocycles. The molecule has 3 rings (SSSR count). The Kier molecular flexibility index (Phi) is 5.73. The van der Waals surface area contributed by atoms with Crippen LogP contribution in [0.3, 0.4) is 0 Å². The van der Waals surface area contributed by atoms with Crippen molar-refractivity contribution in [2.45, 2.75) is 19.3 Å². The van der Waals surface area contributed by atoms with Crippen molar-refractivity contribution in [2.75, 3.05) is 7.11 Å². The summed E-state index contributed by atoms with van der Waals surface area (Å²) in [6.07, 6.45) is 1.61. The molecule has 28 heavy (non-hydrogen) atoms. The van der Waals surface area contributed by atoms with E-state index in [0.29, 0.717) is 16.9 Å². The van der Waals surface area contributed by atoms with Crippen molar-refractivity contribution < 1.29 is 13.9 Å². The van der Waals surface area contributed by atoms with E-state index in [1.807, 2.05) is 31.2 Å². The quantitative estimate of drug-likeness (QED) is 0.602. The predicted molar refractivity (Wildman–Crippen MR) is 107 cm³/mol. The van der Waals surface area contributed by atoms with Crippen LogP contribution in [0.4, 0.5) is 4.39 Å². The zero-order valence-electron chi connectivity index (χ0n) is 16.1. The van der Waals surface area contributed by atoms with Gasteiger partial charge in [0.2, 0.25) is 5.56 Å². The highest BCUT2D eigenvalue weighted by Gasteiger charge is 2.24. The molecule has 0 N–H and O–H groups in total. The fourth-order valence-corrected chi connectivity index (χ4v) is 3.34. The third-order valence-corrected chi connectivity index (χ3v) is 4.94. The van der Waals surface area contributed by atoms with Crippen LogP contribution in [-0.4, -0.2) is 17.5 Å². The van der Waals surface area contributed by atoms with Gasteiger partial charge in [-0.1, -0.05) is 30.3 Å². The maximum Gasteiger partial charge on any atom is 0.250 e. The molecule has 4 nitrogen and oxygen atoms in total. The molecule has 0 aliphatic carbocycles. The Hall–Kier alpha value is -3.21. The molecule has 0 saturated heterocycles. The number of carbonyl (C=O) groups excluding carboxylic acids is 1. The summed E-state index contributed by atoms with van der Waals surface area (Å²) in [5.41, 5.74) is 2.55. The lowest BCUT2D eigenvalue weighted by Crippen LogP contribution is -2.18. The molecule has 0 spiro atoms. The Labute approximate surface area is 163 Å². The molecular formula is C23H22FNO3. The summed E-state index contributed by atoms with van der Waals surface area (Å²) in [6, 6.07) is 15.2. The third-order valence-electron chi connectivity index (χ3n) is 4.94. The first-order valence-electron chi connectivity index (χ1n) is 8.99. The molecule has 0 saturated carbocycles. The van der Waals surface area contributed by atoms with E-state index in [1.165, 1.54) is 36.1 Å². The summed E-state index contributed by atoms with van der Waals surface area (Å²) in [7, 11) is 3.08. The average molecular weight is 379 g/mol. The van der Waals surface area contributed by atoms with E-state index >= 15 is 0 Å². The van der Waals surface area contributed by atoms with E-state index in [-0.39, 0.29) is 17.8 Å². The number of pyridine rings is 1. The summed E-state index contributed by atoms with van der Waals surface area (Å²) < 4.78 is 21.3. The van der Waals surface area contributed by atoms with Crippen LogP contribution in [0.2, 0.25) is 0 Å². The van der Waals surface area contributed by atoms with Crippen LogP contribution in [0.1, 0.15) is 39.4 Å². The van der Waals surface area contributed by atoms with Crippen molar-refractivity contribution in [3.8, 4) is 5.75 Å². The SMILES string of the molecule is COc1ccc(C(CC(=O)c2ccc(=O)n(C)c2)c2ccccc2C)c(F)c1. The molecule has 0 aliphatic heterocycles. The topological polar surface area (TPSA) is 48.3 Å². The first-order chi connectivity index (χ1) is 13.4. The molecule has 0 amide bonds. The number of nitrogens with zero attached hydrogens (tertiary/aromatic N) is 1. The Balaban J connectivity index is 2.04. The second-order valence-electron chi connectivity index (χ2n) is 6.79. The second-order valence-corrected chi connectivity index (χ2v) is 6.79. The van der Waals surface area contributed by atoms with E-state index in [1.54, 1.807) is 19.2 Å². The molecular weight excluding hydrogens is 357 g/mol. The number of ether oxygens (including phenoxy) is 1. The molecule has 144 valence electrons. The van der Waals surface area contributed by atoms with E-state index in [0.717, 1.165) is 11.1 Å². The summed E-state index contributed by atoms with van der Waals surface area (Å²) >= 11 is 0. The number of aryl methyl sites for hydroxylation is 2. The highest BCUT2D eigenvalue weighted by atomic mass is 19.1. The summed E-state index contributed by atoms with van der Waals surface area (Å²) in [6.45, 7) is 1.94. The normalized spacial score (nSPS) is 11.9. The van der Waals surface area contributed by atoms with Gasteiger partial charge in [-0.15, -0.1) is 0 Å². The predicted octanol–water partition coefficient (Wildman–Crippen LogP) is 4.25. The van der Waals surface area contributed by atoms with Crippen LogP contribution in [0.5, 0.6) is 5.75 Å². The zero-order valence-corrected chi connectivity index (χ0v) is 16.1. The van der Waals surface area contributed by atoms with E-state index < -0.39 is 11.7 Å². The van der Waals surface area contributed by atoms with Crippen molar-refractivity contribution in [1.29, 1.82) is 0 Å².